The lowest BCUT2D eigenvalue weighted by Gasteiger charge is -2.30. The molecule has 6 rings (SSSR count). The maximum absolute atomic E-state index is 14.7. The lowest BCUT2D eigenvalue weighted by atomic mass is 9.91. The van der Waals surface area contributed by atoms with Gasteiger partial charge in [-0.25, -0.2) is 18.2 Å². The van der Waals surface area contributed by atoms with Crippen molar-refractivity contribution in [1.29, 1.82) is 0 Å². The molecule has 364 valence electrons. The molecule has 1 aliphatic heterocycles. The van der Waals surface area contributed by atoms with E-state index >= 15 is 0 Å². The second kappa shape index (κ2) is 24.9. The lowest BCUT2D eigenvalue weighted by Crippen LogP contribution is -2.49. The van der Waals surface area contributed by atoms with Gasteiger partial charge in [-0.05, 0) is 96.8 Å². The number of halogens is 4. The summed E-state index contributed by atoms with van der Waals surface area (Å²) >= 11 is 3.43. The van der Waals surface area contributed by atoms with E-state index in [4.69, 9.17) is 14.0 Å². The molecule has 0 unspecified atom stereocenters. The first-order valence-corrected chi connectivity index (χ1v) is 24.2. The minimum atomic E-state index is -1.31. The zero-order chi connectivity index (χ0) is 48.9. The molecule has 0 radical (unpaired) electrons. The van der Waals surface area contributed by atoms with E-state index in [2.05, 4.69) is 31.4 Å². The number of thiazole rings is 1. The van der Waals surface area contributed by atoms with E-state index in [0.29, 0.717) is 46.7 Å². The van der Waals surface area contributed by atoms with Crippen LogP contribution in [0.15, 0.2) is 70.7 Å². The van der Waals surface area contributed by atoms with Gasteiger partial charge in [0.15, 0.2) is 17.4 Å². The highest BCUT2D eigenvalue weighted by molar-refractivity contribution is 14.1. The fourth-order valence-electron chi connectivity index (χ4n) is 7.78. The van der Waals surface area contributed by atoms with Gasteiger partial charge < -0.3 is 45.3 Å². The molecule has 3 aromatic carbocycles. The highest BCUT2D eigenvalue weighted by Crippen LogP contribution is 2.33. The Bertz CT molecular complexity index is 2530. The van der Waals surface area contributed by atoms with E-state index in [9.17, 15) is 37.5 Å². The van der Waals surface area contributed by atoms with Crippen LogP contribution in [0.2, 0.25) is 0 Å². The summed E-state index contributed by atoms with van der Waals surface area (Å²) in [5, 5.41) is 26.2. The van der Waals surface area contributed by atoms with E-state index < -0.39 is 65.5 Å². The van der Waals surface area contributed by atoms with Crippen LogP contribution in [0.3, 0.4) is 0 Å². The molecule has 0 aliphatic carbocycles. The lowest BCUT2D eigenvalue weighted by molar-refractivity contribution is -0.141. The van der Waals surface area contributed by atoms with Gasteiger partial charge in [0.05, 0.1) is 64.9 Å². The zero-order valence-electron chi connectivity index (χ0n) is 38.1. The summed E-state index contributed by atoms with van der Waals surface area (Å²) < 4.78 is 60.5. The van der Waals surface area contributed by atoms with Crippen LogP contribution in [-0.4, -0.2) is 108 Å². The summed E-state index contributed by atoms with van der Waals surface area (Å²) in [6.07, 6.45) is -0.470. The predicted octanol–water partition coefficient (Wildman–Crippen LogP) is 7.14. The van der Waals surface area contributed by atoms with E-state index in [0.717, 1.165) is 28.3 Å². The first kappa shape index (κ1) is 52.1. The van der Waals surface area contributed by atoms with E-state index in [1.807, 2.05) is 67.6 Å². The number of β-amino-alcohol motifs (C(OH)–C–C–N with tert-alkyl or cyclic N) is 1. The minimum absolute atomic E-state index is 0.0299. The third-order valence-electron chi connectivity index (χ3n) is 11.2. The van der Waals surface area contributed by atoms with E-state index in [-0.39, 0.29) is 68.1 Å². The maximum Gasteiger partial charge on any atom is 0.243 e. The normalized spacial score (nSPS) is 15.6. The molecule has 4 atom stereocenters. The van der Waals surface area contributed by atoms with E-state index in [1.54, 1.807) is 24.6 Å². The van der Waals surface area contributed by atoms with Crippen molar-refractivity contribution in [3.05, 3.63) is 115 Å². The smallest absolute Gasteiger partial charge is 0.243 e. The van der Waals surface area contributed by atoms with Gasteiger partial charge in [-0.3, -0.25) is 19.2 Å². The average molecular weight is 1070 g/mol. The Labute approximate surface area is 410 Å². The quantitative estimate of drug-likeness (QED) is 0.0238. The number of rotatable bonds is 24. The molecule has 1 aliphatic rings. The number of benzene rings is 3. The summed E-state index contributed by atoms with van der Waals surface area (Å²) in [6, 6.07) is 13.6. The molecule has 1 saturated heterocycles. The molecular weight excluding hydrogens is 1020 g/mol. The number of ketones is 1. The van der Waals surface area contributed by atoms with Crippen LogP contribution >= 0.6 is 33.9 Å². The second-order valence-corrected chi connectivity index (χ2v) is 18.8. The Morgan fingerprint density at radius 2 is 1.72 bits per heavy atom. The van der Waals surface area contributed by atoms with Crippen LogP contribution in [0.5, 0.6) is 0 Å². The number of nitrogens with zero attached hydrogens (tertiary/aromatic N) is 3. The number of likely N-dealkylation sites (tertiary alicyclic amines) is 1. The SMILES string of the molecule is Cc1cc([C@H](C(=O)N2C[C@H](O)C[C@H]2C(=O)N[C@@H](CC(=O)NCCOCCNCCCOCC(=O)c2ccc(F)c(F)c2Nc2ccc(I)cc2F)c2ccc(-c3scnc3C)cc2)C(C)C)on1. The maximum atomic E-state index is 14.7. The van der Waals surface area contributed by atoms with Gasteiger partial charge >= 0.3 is 0 Å². The van der Waals surface area contributed by atoms with Crippen molar-refractivity contribution in [2.75, 3.05) is 57.9 Å². The second-order valence-electron chi connectivity index (χ2n) is 16.7. The van der Waals surface area contributed by atoms with E-state index in [1.165, 1.54) is 28.4 Å². The molecule has 0 saturated carbocycles. The molecule has 5 aromatic rings. The molecule has 0 bridgehead atoms. The topological polar surface area (TPSA) is 197 Å². The predicted molar refractivity (Wildman–Crippen MR) is 258 cm³/mol. The number of hydrogen-bond donors (Lipinski definition) is 5. The number of nitrogens with one attached hydrogen (secondary N) is 4. The van der Waals surface area contributed by atoms with Crippen LogP contribution in [0.4, 0.5) is 24.5 Å². The molecule has 20 heteroatoms. The van der Waals surface area contributed by atoms with Crippen molar-refractivity contribution in [3.8, 4) is 10.4 Å². The molecule has 3 heterocycles. The number of aromatic nitrogens is 2. The van der Waals surface area contributed by atoms with Gasteiger partial charge in [-0.15, -0.1) is 11.3 Å². The van der Waals surface area contributed by atoms with Gasteiger partial charge in [0.2, 0.25) is 17.7 Å². The van der Waals surface area contributed by atoms with Crippen molar-refractivity contribution in [1.82, 2.24) is 31.0 Å². The number of hydrogen-bond acceptors (Lipinski definition) is 13. The number of aryl methyl sites for hydroxylation is 2. The van der Waals surface area contributed by atoms with Crippen molar-refractivity contribution < 1.29 is 51.5 Å². The minimum Gasteiger partial charge on any atom is -0.391 e. The molecule has 5 N–H and O–H groups in total. The monoisotopic (exact) mass is 1070 g/mol. The molecule has 15 nitrogen and oxygen atoms in total. The average Bonchev–Trinajstić information content (AvgIpc) is 4.05. The van der Waals surface area contributed by atoms with Gasteiger partial charge in [-0.1, -0.05) is 43.3 Å². The van der Waals surface area contributed by atoms with Crippen molar-refractivity contribution in [3.63, 3.8) is 0 Å². The molecule has 68 heavy (non-hydrogen) atoms. The van der Waals surface area contributed by atoms with Crippen molar-refractivity contribution >= 4 is 68.8 Å². The fraction of sp³-hybridized carbons (Fsp3) is 0.417. The molecule has 3 amide bonds. The fourth-order valence-corrected chi connectivity index (χ4v) is 9.04. The Hall–Kier alpha value is -5.26. The molecule has 0 spiro atoms. The standard InChI is InChI=1S/C48H55F3IN7O8S/c1-27(2)43(41-20-28(3)58-67-41)48(64)59-24-33(60)22-39(59)47(63)57-38(30-6-8-31(9-7-30)46-29(4)55-26-68-46)23-42(62)54-16-19-65-18-15-53-14-5-17-66-25-40(61)34-11-12-35(49)44(51)45(34)56-37-13-10-32(52)21-36(37)50/h6-13,20-21,26-27,33,38-39,43,53,56,60H,5,14-19,22-25H2,1-4H3,(H,54,62)(H,57,63)/t33-,38+,39+,43-/m1/s1. The van der Waals surface area contributed by atoms with Gasteiger partial charge in [0, 0.05) is 47.9 Å². The number of amides is 3. The number of carbonyl (C=O) groups excluding carboxylic acids is 4. The van der Waals surface area contributed by atoms with Crippen molar-refractivity contribution in [2.45, 2.75) is 71.1 Å². The number of aliphatic hydroxyl groups excluding tert-OH is 1. The summed E-state index contributed by atoms with van der Waals surface area (Å²) in [7, 11) is 0. The first-order valence-electron chi connectivity index (χ1n) is 22.2. The highest BCUT2D eigenvalue weighted by atomic mass is 127. The Morgan fingerprint density at radius 3 is 2.41 bits per heavy atom. The molecule has 1 fully saturated rings. The van der Waals surface area contributed by atoms with Crippen molar-refractivity contribution in [2.24, 2.45) is 5.92 Å². The highest BCUT2D eigenvalue weighted by Gasteiger charge is 2.43. The number of aliphatic hydroxyl groups is 1. The van der Waals surface area contributed by atoms with Gasteiger partial charge in [0.1, 0.15) is 30.1 Å². The van der Waals surface area contributed by atoms with Crippen LogP contribution in [0.1, 0.15) is 78.1 Å². The van der Waals surface area contributed by atoms with Crippen LogP contribution in [0.25, 0.3) is 10.4 Å². The van der Waals surface area contributed by atoms with Gasteiger partial charge in [0.25, 0.3) is 0 Å². The first-order chi connectivity index (χ1) is 32.6. The largest absolute Gasteiger partial charge is 0.391 e. The van der Waals surface area contributed by atoms with Crippen LogP contribution in [-0.2, 0) is 23.9 Å². The summed E-state index contributed by atoms with van der Waals surface area (Å²) in [6.45, 7) is 8.98. The summed E-state index contributed by atoms with van der Waals surface area (Å²) in [5.74, 6) is -5.50. The van der Waals surface area contributed by atoms with Crippen LogP contribution in [0, 0.1) is 40.8 Å². The number of carbonyl (C=O) groups is 4. The Kier molecular flexibility index (Phi) is 19.0. The molecular formula is C48H55F3IN7O8S. The third kappa shape index (κ3) is 13.9. The number of Topliss-reactive ketones (excluding diaryl/α,β-unsaturated/α-hetero) is 1. The molecule has 2 aromatic heterocycles. The summed E-state index contributed by atoms with van der Waals surface area (Å²) in [5.41, 5.74) is 4.13. The zero-order valence-corrected chi connectivity index (χ0v) is 41.1. The third-order valence-corrected chi connectivity index (χ3v) is 12.9. The number of anilines is 2. The Balaban J connectivity index is 0.939. The summed E-state index contributed by atoms with van der Waals surface area (Å²) in [4.78, 5) is 61.1. The van der Waals surface area contributed by atoms with Gasteiger partial charge in [-0.2, -0.15) is 0 Å². The Morgan fingerprint density at radius 1 is 0.956 bits per heavy atom. The number of ether oxygens (including phenoxy) is 2. The van der Waals surface area contributed by atoms with Crippen LogP contribution < -0.4 is 21.3 Å².